The zero-order chi connectivity index (χ0) is 30.9. The second-order valence-electron chi connectivity index (χ2n) is 11.8. The third kappa shape index (κ3) is 7.16. The SMILES string of the molecule is C[SiH](C)O[Si]12O[SiH]3O[Si]4(C)O[Si]5(C)O[Si](O[SiH](C)C)(O[Si]4(O[SiH](C)C)O1)O[Si](O[SiH](C)C)(O2)[Si](C)(O3)O5.C[Si](C)=O. The molecule has 4 bridgehead atoms. The summed E-state index contributed by atoms with van der Waals surface area (Å²) in [6.07, 6.45) is 0. The molecule has 4 aliphatic rings. The smallest absolute Gasteiger partial charge is 0.419 e. The summed E-state index contributed by atoms with van der Waals surface area (Å²) in [4.78, 5) is 0. The van der Waals surface area contributed by atoms with E-state index in [0.717, 1.165) is 0 Å². The highest BCUT2D eigenvalue weighted by atomic mass is 29.3. The molecule has 4 saturated heterocycles. The molecule has 4 rings (SSSR count). The highest BCUT2D eigenvalue weighted by molar-refractivity contribution is 7.40. The predicted octanol–water partition coefficient (Wildman–Crippen LogP) is 0.224. The molecule has 4 unspecified atom stereocenters. The van der Waals surface area contributed by atoms with E-state index in [4.69, 9.17) is 57.6 Å². The van der Waals surface area contributed by atoms with Crippen LogP contribution in [-0.4, -0.2) is 114 Å². The number of fused-ring (bicyclic) bond motifs is 6. The third-order valence-corrected chi connectivity index (χ3v) is 60.6. The Hall–Kier alpha value is 2.06. The fourth-order valence-electron chi connectivity index (χ4n) is 4.73. The van der Waals surface area contributed by atoms with E-state index >= 15 is 0 Å². The van der Waals surface area contributed by atoms with Crippen LogP contribution in [0.25, 0.3) is 0 Å². The van der Waals surface area contributed by atoms with Crippen LogP contribution in [0.4, 0.5) is 0 Å². The lowest BCUT2D eigenvalue weighted by Gasteiger charge is -2.51. The molecule has 0 aromatic carbocycles. The molecule has 28 heteroatoms. The van der Waals surface area contributed by atoms with Gasteiger partial charge in [0.05, 0.1) is 0 Å². The molecular weight excluding hydrogens is 761 g/mol. The molecule has 0 N–H and O–H groups in total. The second-order valence-corrected chi connectivity index (χ2v) is 53.8. The fraction of sp³-hybridized carbons (Fsp3) is 1.00. The summed E-state index contributed by atoms with van der Waals surface area (Å²) in [5, 5.41) is 0. The van der Waals surface area contributed by atoms with Crippen LogP contribution in [-0.2, 0) is 62.1 Å². The van der Waals surface area contributed by atoms with Gasteiger partial charge < -0.3 is 62.1 Å². The van der Waals surface area contributed by atoms with Gasteiger partial charge in [0.15, 0.2) is 36.2 Å². The monoisotopic (exact) mass is 804 g/mol. The number of hydrogen-bond acceptors (Lipinski definition) is 15. The van der Waals surface area contributed by atoms with E-state index in [-0.39, 0.29) is 0 Å². The van der Waals surface area contributed by atoms with Gasteiger partial charge in [0.25, 0.3) is 8.68 Å². The van der Waals surface area contributed by atoms with Gasteiger partial charge in [0.2, 0.25) is 0 Å². The highest BCUT2D eigenvalue weighted by Gasteiger charge is 2.91. The minimum Gasteiger partial charge on any atom is -0.419 e. The highest BCUT2D eigenvalue weighted by Crippen LogP contribution is 2.52. The van der Waals surface area contributed by atoms with Crippen LogP contribution < -0.4 is 0 Å². The minimum absolute atomic E-state index is 1.13. The van der Waals surface area contributed by atoms with Crippen molar-refractivity contribution in [2.24, 2.45) is 0 Å². The van der Waals surface area contributed by atoms with Crippen LogP contribution in [0, 0.1) is 0 Å². The first kappa shape index (κ1) is 35.9. The van der Waals surface area contributed by atoms with Crippen LogP contribution in [0.15, 0.2) is 0 Å². The van der Waals surface area contributed by atoms with Crippen LogP contribution in [0.3, 0.4) is 0 Å². The van der Waals surface area contributed by atoms with Gasteiger partial charge >= 0.3 is 69.2 Å². The topological polar surface area (TPSA) is 146 Å². The summed E-state index contributed by atoms with van der Waals surface area (Å²) < 4.78 is 105. The Labute approximate surface area is 259 Å². The molecule has 0 aromatic rings. The molecule has 4 fully saturated rings. The summed E-state index contributed by atoms with van der Waals surface area (Å²) in [5.74, 6) is 0. The zero-order valence-electron chi connectivity index (χ0n) is 26.0. The molecule has 15 nitrogen and oxygen atoms in total. The Morgan fingerprint density at radius 3 is 1.24 bits per heavy atom. The summed E-state index contributed by atoms with van der Waals surface area (Å²) in [5.41, 5.74) is 0. The van der Waals surface area contributed by atoms with Crippen molar-refractivity contribution < 1.29 is 62.1 Å². The van der Waals surface area contributed by atoms with Crippen molar-refractivity contribution >= 4 is 114 Å². The average Bonchev–Trinajstić information content (AvgIpc) is 2.88. The van der Waals surface area contributed by atoms with E-state index < -0.39 is 114 Å². The van der Waals surface area contributed by atoms with E-state index in [2.05, 4.69) is 0 Å². The molecule has 238 valence electrons. The van der Waals surface area contributed by atoms with Crippen LogP contribution in [0.1, 0.15) is 0 Å². The van der Waals surface area contributed by atoms with Gasteiger partial charge in [-0.1, -0.05) is 0 Å². The van der Waals surface area contributed by atoms with Gasteiger partial charge in [-0.15, -0.1) is 0 Å². The summed E-state index contributed by atoms with van der Waals surface area (Å²) in [7, 11) is -38.3. The van der Waals surface area contributed by atoms with Crippen molar-refractivity contribution in [3.05, 3.63) is 0 Å². The molecule has 0 aromatic heterocycles. The van der Waals surface area contributed by atoms with Crippen molar-refractivity contribution in [1.29, 1.82) is 0 Å². The maximum absolute atomic E-state index is 9.63. The summed E-state index contributed by atoms with van der Waals surface area (Å²) in [6.45, 7) is 25.2. The largest absolute Gasteiger partial charge is 0.646 e. The standard InChI is InChI=1S/C11H38O14Si12.C2H6OSi/c1-26(2)12-34-18-30-16-32(10)19-31(9)20-33(11,17-30)37(23-34,15-29(7)8)25-35(21-31,13-27(3)4)24-36(32,22-34)14-28(5)6;1-4(2)3/h26-30H,1-11H3;1-2H3. The van der Waals surface area contributed by atoms with Gasteiger partial charge in [0, 0.05) is 6.55 Å². The van der Waals surface area contributed by atoms with Crippen LogP contribution in [0.5, 0.6) is 0 Å². The first-order valence-corrected chi connectivity index (χ1v) is 44.3. The molecule has 4 heterocycles. The van der Waals surface area contributed by atoms with Gasteiger partial charge in [-0.25, -0.2) is 0 Å². The lowest BCUT2D eigenvalue weighted by molar-refractivity contribution is 0.0372. The Bertz CT molecular complexity index is 960. The molecule has 0 spiro atoms. The maximum Gasteiger partial charge on any atom is 0.646 e. The Morgan fingerprint density at radius 2 is 0.878 bits per heavy atom. The van der Waals surface area contributed by atoms with E-state index in [1.54, 1.807) is 13.1 Å². The Balaban J connectivity index is 0.000000909. The first-order valence-electron chi connectivity index (χ1n) is 13.8. The normalized spacial score (nSPS) is 46.5. The Kier molecular flexibility index (Phi) is 10.7. The molecule has 0 amide bonds. The maximum atomic E-state index is 9.63. The molecule has 41 heavy (non-hydrogen) atoms. The van der Waals surface area contributed by atoms with Gasteiger partial charge in [-0.2, -0.15) is 0 Å². The average molecular weight is 806 g/mol. The van der Waals surface area contributed by atoms with Crippen LogP contribution in [0.2, 0.25) is 85.1 Å². The molecule has 0 radical (unpaired) electrons. The zero-order valence-corrected chi connectivity index (χ0v) is 39.8. The molecule has 0 aliphatic carbocycles. The quantitative estimate of drug-likeness (QED) is 0.309. The minimum atomic E-state index is -4.10. The fourth-order valence-corrected chi connectivity index (χ4v) is 82.6. The van der Waals surface area contributed by atoms with E-state index in [1.807, 2.05) is 72.0 Å². The lowest BCUT2D eigenvalue weighted by Crippen LogP contribution is -2.85. The van der Waals surface area contributed by atoms with Crippen LogP contribution >= 0.6 is 0 Å². The van der Waals surface area contributed by atoms with E-state index in [1.165, 1.54) is 0 Å². The summed E-state index contributed by atoms with van der Waals surface area (Å²) in [6, 6.07) is 0. The van der Waals surface area contributed by atoms with E-state index in [9.17, 15) is 4.46 Å². The summed E-state index contributed by atoms with van der Waals surface area (Å²) >= 11 is 0. The molecular formula is C13H44O15Si13. The number of rotatable bonds is 8. The first-order chi connectivity index (χ1) is 18.6. The van der Waals surface area contributed by atoms with Crippen molar-refractivity contribution in [3.63, 3.8) is 0 Å². The number of hydrogen-bond donors (Lipinski definition) is 0. The third-order valence-electron chi connectivity index (χ3n) is 5.65. The lowest BCUT2D eigenvalue weighted by atomic mass is 11.9. The van der Waals surface area contributed by atoms with Gasteiger partial charge in [0.1, 0.15) is 0 Å². The molecule has 4 aliphatic heterocycles. The van der Waals surface area contributed by atoms with E-state index in [0.29, 0.717) is 0 Å². The predicted molar refractivity (Wildman–Crippen MR) is 174 cm³/mol. The van der Waals surface area contributed by atoms with Gasteiger partial charge in [-0.05, 0) is 78.6 Å². The molecule has 0 saturated carbocycles. The molecule has 4 atom stereocenters. The van der Waals surface area contributed by atoms with Crippen molar-refractivity contribution in [3.8, 4) is 0 Å². The van der Waals surface area contributed by atoms with Crippen molar-refractivity contribution in [2.45, 2.75) is 85.1 Å². The van der Waals surface area contributed by atoms with Gasteiger partial charge in [-0.3, -0.25) is 0 Å². The Morgan fingerprint density at radius 1 is 0.537 bits per heavy atom. The second kappa shape index (κ2) is 12.3. The van der Waals surface area contributed by atoms with Crippen molar-refractivity contribution in [2.75, 3.05) is 0 Å². The van der Waals surface area contributed by atoms with Crippen molar-refractivity contribution in [1.82, 2.24) is 0 Å².